The summed E-state index contributed by atoms with van der Waals surface area (Å²) in [4.78, 5) is 0. The van der Waals surface area contributed by atoms with Gasteiger partial charge < -0.3 is 14.2 Å². The second kappa shape index (κ2) is 6.57. The van der Waals surface area contributed by atoms with E-state index in [-0.39, 0.29) is 0 Å². The van der Waals surface area contributed by atoms with Crippen LogP contribution in [0.2, 0.25) is 0 Å². The number of ether oxygens (including phenoxy) is 3. The summed E-state index contributed by atoms with van der Waals surface area (Å²) in [5.74, 6) is 0.977. The van der Waals surface area contributed by atoms with Crippen LogP contribution in [0.4, 0.5) is 0 Å². The topological polar surface area (TPSA) is 31.0 Å². The molecule has 1 saturated heterocycles. The van der Waals surface area contributed by atoms with Crippen LogP contribution in [0.15, 0.2) is 30.9 Å². The molecule has 0 spiro atoms. The smallest absolute Gasteiger partial charge is 0.126 e. The average Bonchev–Trinajstić information content (AvgIpc) is 3.19. The van der Waals surface area contributed by atoms with E-state index in [1.165, 1.54) is 11.1 Å². The summed E-state index contributed by atoms with van der Waals surface area (Å²) < 4.78 is 16.2. The van der Waals surface area contributed by atoms with E-state index in [0.717, 1.165) is 25.2 Å². The largest absolute Gasteiger partial charge is 0.489 e. The van der Waals surface area contributed by atoms with Crippen molar-refractivity contribution in [2.24, 2.45) is 0 Å². The molecule has 98 valence electrons. The molecule has 1 aliphatic rings. The number of para-hydroxylation sites is 1. The Bertz CT molecular complexity index is 397. The van der Waals surface area contributed by atoms with Crippen LogP contribution in [-0.4, -0.2) is 33.0 Å². The summed E-state index contributed by atoms with van der Waals surface area (Å²) in [6, 6.07) is 6.27. The van der Waals surface area contributed by atoms with Crippen LogP contribution in [0, 0.1) is 0 Å². The molecule has 1 heterocycles. The zero-order valence-electron chi connectivity index (χ0n) is 10.9. The van der Waals surface area contributed by atoms with Crippen LogP contribution in [-0.2, 0) is 22.3 Å². The third-order valence-corrected chi connectivity index (χ3v) is 2.95. The lowest BCUT2D eigenvalue weighted by atomic mass is 10.0. The van der Waals surface area contributed by atoms with Gasteiger partial charge in [0.15, 0.2) is 0 Å². The Morgan fingerprint density at radius 3 is 2.89 bits per heavy atom. The lowest BCUT2D eigenvalue weighted by Gasteiger charge is -2.14. The van der Waals surface area contributed by atoms with Crippen molar-refractivity contribution in [3.63, 3.8) is 0 Å². The normalized spacial score (nSPS) is 17.5. The fourth-order valence-electron chi connectivity index (χ4n) is 1.97. The van der Waals surface area contributed by atoms with Crippen LogP contribution in [0.3, 0.4) is 0 Å². The van der Waals surface area contributed by atoms with Gasteiger partial charge in [0.05, 0.1) is 19.3 Å². The molecule has 0 aliphatic carbocycles. The molecule has 18 heavy (non-hydrogen) atoms. The summed E-state index contributed by atoms with van der Waals surface area (Å²) >= 11 is 0. The molecule has 0 bridgehead atoms. The van der Waals surface area contributed by atoms with E-state index in [0.29, 0.717) is 19.3 Å². The van der Waals surface area contributed by atoms with Crippen molar-refractivity contribution in [3.8, 4) is 5.75 Å². The molecule has 0 radical (unpaired) electrons. The number of methoxy groups -OCH3 is 1. The zero-order chi connectivity index (χ0) is 12.8. The van der Waals surface area contributed by atoms with Gasteiger partial charge in [-0.1, -0.05) is 30.9 Å². The van der Waals surface area contributed by atoms with E-state index in [1.807, 2.05) is 0 Å². The lowest BCUT2D eigenvalue weighted by molar-refractivity contribution is 0.201. The standard InChI is InChI=1S/C15H20O3/c1-3-8-17-15-12(7-9-16-2)5-4-6-13(15)10-14-11-18-14/h3-6,14H,1,7-11H2,2H3. The van der Waals surface area contributed by atoms with Gasteiger partial charge in [0, 0.05) is 13.5 Å². The van der Waals surface area contributed by atoms with Crippen LogP contribution in [0.1, 0.15) is 11.1 Å². The van der Waals surface area contributed by atoms with E-state index >= 15 is 0 Å². The van der Waals surface area contributed by atoms with Crippen molar-refractivity contribution >= 4 is 0 Å². The molecule has 0 N–H and O–H groups in total. The quantitative estimate of drug-likeness (QED) is 0.523. The predicted octanol–water partition coefficient (Wildman–Crippen LogP) is 2.38. The molecule has 0 amide bonds. The lowest BCUT2D eigenvalue weighted by Crippen LogP contribution is -2.05. The second-order valence-electron chi connectivity index (χ2n) is 4.41. The number of hydrogen-bond acceptors (Lipinski definition) is 3. The minimum atomic E-state index is 0.369. The Morgan fingerprint density at radius 2 is 2.22 bits per heavy atom. The van der Waals surface area contributed by atoms with Crippen LogP contribution in [0.5, 0.6) is 5.75 Å². The fourth-order valence-corrected chi connectivity index (χ4v) is 1.97. The molecular weight excluding hydrogens is 228 g/mol. The van der Waals surface area contributed by atoms with E-state index in [1.54, 1.807) is 13.2 Å². The molecule has 1 unspecified atom stereocenters. The Balaban J connectivity index is 2.16. The minimum absolute atomic E-state index is 0.369. The number of rotatable bonds is 8. The van der Waals surface area contributed by atoms with Gasteiger partial charge in [-0.05, 0) is 17.5 Å². The number of benzene rings is 1. The highest BCUT2D eigenvalue weighted by molar-refractivity contribution is 5.42. The minimum Gasteiger partial charge on any atom is -0.489 e. The van der Waals surface area contributed by atoms with Crippen molar-refractivity contribution in [1.29, 1.82) is 0 Å². The first kappa shape index (κ1) is 13.1. The first-order valence-corrected chi connectivity index (χ1v) is 6.30. The molecule has 3 nitrogen and oxygen atoms in total. The summed E-state index contributed by atoms with van der Waals surface area (Å²) in [5, 5.41) is 0. The van der Waals surface area contributed by atoms with Gasteiger partial charge in [0.1, 0.15) is 12.4 Å². The van der Waals surface area contributed by atoms with Crippen molar-refractivity contribution in [3.05, 3.63) is 42.0 Å². The van der Waals surface area contributed by atoms with Crippen LogP contribution >= 0.6 is 0 Å². The molecule has 0 saturated carbocycles. The second-order valence-corrected chi connectivity index (χ2v) is 4.41. The molecule has 1 aliphatic heterocycles. The third-order valence-electron chi connectivity index (χ3n) is 2.95. The Kier molecular flexibility index (Phi) is 4.79. The van der Waals surface area contributed by atoms with E-state index in [9.17, 15) is 0 Å². The van der Waals surface area contributed by atoms with Crippen LogP contribution in [0.25, 0.3) is 0 Å². The van der Waals surface area contributed by atoms with E-state index in [2.05, 4.69) is 24.8 Å². The monoisotopic (exact) mass is 248 g/mol. The van der Waals surface area contributed by atoms with Gasteiger partial charge >= 0.3 is 0 Å². The molecular formula is C15H20O3. The number of hydrogen-bond donors (Lipinski definition) is 0. The Labute approximate surface area is 108 Å². The van der Waals surface area contributed by atoms with Crippen molar-refractivity contribution in [2.45, 2.75) is 18.9 Å². The maximum absolute atomic E-state index is 5.81. The molecule has 1 aromatic carbocycles. The Hall–Kier alpha value is -1.32. The summed E-state index contributed by atoms with van der Waals surface area (Å²) in [7, 11) is 1.71. The van der Waals surface area contributed by atoms with Gasteiger partial charge in [-0.2, -0.15) is 0 Å². The molecule has 3 heteroatoms. The first-order chi connectivity index (χ1) is 8.85. The SMILES string of the molecule is C=CCOc1c(CCOC)cccc1CC1CO1. The highest BCUT2D eigenvalue weighted by atomic mass is 16.6. The molecule has 1 aromatic rings. The maximum Gasteiger partial charge on any atom is 0.126 e. The first-order valence-electron chi connectivity index (χ1n) is 6.30. The molecule has 0 aromatic heterocycles. The van der Waals surface area contributed by atoms with E-state index in [4.69, 9.17) is 14.2 Å². The molecule has 1 atom stereocenters. The third kappa shape index (κ3) is 3.59. The van der Waals surface area contributed by atoms with Crippen LogP contribution < -0.4 is 4.74 Å². The summed E-state index contributed by atoms with van der Waals surface area (Å²) in [5.41, 5.74) is 2.41. The molecule has 1 fully saturated rings. The van der Waals surface area contributed by atoms with E-state index < -0.39 is 0 Å². The van der Waals surface area contributed by atoms with Crippen molar-refractivity contribution in [1.82, 2.24) is 0 Å². The summed E-state index contributed by atoms with van der Waals surface area (Å²) in [6.45, 7) is 5.79. The van der Waals surface area contributed by atoms with Gasteiger partial charge in [-0.25, -0.2) is 0 Å². The maximum atomic E-state index is 5.81. The van der Waals surface area contributed by atoms with Gasteiger partial charge in [-0.3, -0.25) is 0 Å². The van der Waals surface area contributed by atoms with Crippen molar-refractivity contribution < 1.29 is 14.2 Å². The fraction of sp³-hybridized carbons (Fsp3) is 0.467. The van der Waals surface area contributed by atoms with Crippen molar-refractivity contribution in [2.75, 3.05) is 26.9 Å². The average molecular weight is 248 g/mol. The van der Waals surface area contributed by atoms with Gasteiger partial charge in [0.25, 0.3) is 0 Å². The predicted molar refractivity (Wildman–Crippen MR) is 71.2 cm³/mol. The van der Waals surface area contributed by atoms with Gasteiger partial charge in [-0.15, -0.1) is 0 Å². The number of epoxide rings is 1. The highest BCUT2D eigenvalue weighted by Gasteiger charge is 2.24. The van der Waals surface area contributed by atoms with Gasteiger partial charge in [0.2, 0.25) is 0 Å². The Morgan fingerprint density at radius 1 is 1.44 bits per heavy atom. The highest BCUT2D eigenvalue weighted by Crippen LogP contribution is 2.28. The zero-order valence-corrected chi connectivity index (χ0v) is 10.9. The molecule has 2 rings (SSSR count). The summed E-state index contributed by atoms with van der Waals surface area (Å²) in [6.07, 6.45) is 3.92.